The molecule has 0 aromatic carbocycles. The van der Waals surface area contributed by atoms with Gasteiger partial charge < -0.3 is 9.84 Å². The highest BCUT2D eigenvalue weighted by molar-refractivity contribution is 5.69. The van der Waals surface area contributed by atoms with Crippen LogP contribution in [-0.4, -0.2) is 23.1 Å². The predicted molar refractivity (Wildman–Crippen MR) is 140 cm³/mol. The molecule has 0 radical (unpaired) electrons. The molecule has 33 heavy (non-hydrogen) atoms. The molecule has 0 amide bonds. The number of carboxylic acids is 1. The summed E-state index contributed by atoms with van der Waals surface area (Å²) >= 11 is 0. The second-order valence-corrected chi connectivity index (χ2v) is 9.95. The summed E-state index contributed by atoms with van der Waals surface area (Å²) in [7, 11) is 0. The van der Waals surface area contributed by atoms with Crippen LogP contribution in [0, 0.1) is 0 Å². The highest BCUT2D eigenvalue weighted by Gasteiger charge is 2.14. The van der Waals surface area contributed by atoms with Gasteiger partial charge in [0.1, 0.15) is 6.10 Å². The van der Waals surface area contributed by atoms with E-state index in [1.165, 1.54) is 77.0 Å². The zero-order chi connectivity index (χ0) is 24.4. The molecule has 0 aromatic heterocycles. The maximum Gasteiger partial charge on any atom is 0.306 e. The van der Waals surface area contributed by atoms with Crippen molar-refractivity contribution in [1.82, 2.24) is 0 Å². The van der Waals surface area contributed by atoms with Crippen molar-refractivity contribution in [2.75, 3.05) is 0 Å². The zero-order valence-corrected chi connectivity index (χ0v) is 22.2. The van der Waals surface area contributed by atoms with E-state index in [0.717, 1.165) is 64.2 Å². The maximum absolute atomic E-state index is 12.4. The molecule has 0 fully saturated rings. The zero-order valence-electron chi connectivity index (χ0n) is 22.2. The SMILES string of the molecule is CCCCCCCCCCC(CCCCCCCC(=O)O)OC(=O)CCCCCCCCC. The highest BCUT2D eigenvalue weighted by atomic mass is 16.5. The summed E-state index contributed by atoms with van der Waals surface area (Å²) in [5, 5.41) is 8.72. The minimum atomic E-state index is -0.701. The maximum atomic E-state index is 12.4. The van der Waals surface area contributed by atoms with Crippen molar-refractivity contribution in [2.45, 2.75) is 174 Å². The third kappa shape index (κ3) is 25.4. The van der Waals surface area contributed by atoms with Gasteiger partial charge in [0.05, 0.1) is 0 Å². The Morgan fingerprint density at radius 1 is 0.545 bits per heavy atom. The van der Waals surface area contributed by atoms with Crippen LogP contribution in [0.15, 0.2) is 0 Å². The van der Waals surface area contributed by atoms with E-state index in [4.69, 9.17) is 9.84 Å². The van der Waals surface area contributed by atoms with E-state index in [1.807, 2.05) is 0 Å². The van der Waals surface area contributed by atoms with Crippen LogP contribution in [0.1, 0.15) is 168 Å². The number of esters is 1. The molecule has 4 heteroatoms. The second-order valence-electron chi connectivity index (χ2n) is 9.95. The van der Waals surface area contributed by atoms with Crippen molar-refractivity contribution in [3.8, 4) is 0 Å². The predicted octanol–water partition coefficient (Wildman–Crippen LogP) is 9.38. The smallest absolute Gasteiger partial charge is 0.306 e. The van der Waals surface area contributed by atoms with E-state index < -0.39 is 5.97 Å². The molecule has 0 saturated carbocycles. The van der Waals surface area contributed by atoms with Gasteiger partial charge in [0.25, 0.3) is 0 Å². The average Bonchev–Trinajstić information content (AvgIpc) is 2.79. The Morgan fingerprint density at radius 3 is 1.33 bits per heavy atom. The van der Waals surface area contributed by atoms with Crippen molar-refractivity contribution in [3.63, 3.8) is 0 Å². The number of rotatable bonds is 26. The first-order chi connectivity index (χ1) is 16.1. The summed E-state index contributed by atoms with van der Waals surface area (Å²) in [6.45, 7) is 4.49. The molecular formula is C29H56O4. The molecule has 0 aliphatic rings. The first kappa shape index (κ1) is 31.9. The van der Waals surface area contributed by atoms with Crippen LogP contribution < -0.4 is 0 Å². The molecule has 0 heterocycles. The Labute approximate surface area is 205 Å². The summed E-state index contributed by atoms with van der Waals surface area (Å²) in [6, 6.07) is 0. The first-order valence-corrected chi connectivity index (χ1v) is 14.5. The van der Waals surface area contributed by atoms with Gasteiger partial charge >= 0.3 is 11.9 Å². The van der Waals surface area contributed by atoms with Crippen molar-refractivity contribution in [3.05, 3.63) is 0 Å². The summed E-state index contributed by atoms with van der Waals surface area (Å²) in [6.07, 6.45) is 26.8. The number of carbonyl (C=O) groups is 2. The van der Waals surface area contributed by atoms with Crippen LogP contribution in [0.3, 0.4) is 0 Å². The number of carboxylic acid groups (broad SMARTS) is 1. The molecule has 0 rings (SSSR count). The van der Waals surface area contributed by atoms with Gasteiger partial charge in [-0.25, -0.2) is 0 Å². The number of aliphatic carboxylic acids is 1. The van der Waals surface area contributed by atoms with Gasteiger partial charge in [-0.3, -0.25) is 9.59 Å². The average molecular weight is 469 g/mol. The molecular weight excluding hydrogens is 412 g/mol. The Hall–Kier alpha value is -1.06. The van der Waals surface area contributed by atoms with Gasteiger partial charge in [0.15, 0.2) is 0 Å². The molecule has 0 spiro atoms. The molecule has 4 nitrogen and oxygen atoms in total. The summed E-state index contributed by atoms with van der Waals surface area (Å²) in [5.41, 5.74) is 0. The Kier molecular flexibility index (Phi) is 24.7. The van der Waals surface area contributed by atoms with Crippen LogP contribution in [0.25, 0.3) is 0 Å². The third-order valence-corrected chi connectivity index (χ3v) is 6.58. The molecule has 0 aliphatic heterocycles. The van der Waals surface area contributed by atoms with Crippen LogP contribution in [0.5, 0.6) is 0 Å². The van der Waals surface area contributed by atoms with Crippen LogP contribution >= 0.6 is 0 Å². The lowest BCUT2D eigenvalue weighted by Crippen LogP contribution is -2.18. The second kappa shape index (κ2) is 25.6. The summed E-state index contributed by atoms with van der Waals surface area (Å²) < 4.78 is 5.90. The van der Waals surface area contributed by atoms with Crippen LogP contribution in [-0.2, 0) is 14.3 Å². The fourth-order valence-electron chi connectivity index (χ4n) is 4.42. The van der Waals surface area contributed by atoms with Gasteiger partial charge in [-0.05, 0) is 38.5 Å². The lowest BCUT2D eigenvalue weighted by atomic mass is 10.0. The van der Waals surface area contributed by atoms with Crippen LogP contribution in [0.4, 0.5) is 0 Å². The standard InChI is InChI=1S/C29H56O4/c1-3-5-7-9-11-13-15-19-23-27(24-20-16-14-17-21-25-28(30)31)33-29(32)26-22-18-12-10-8-6-4-2/h27H,3-26H2,1-2H3,(H,30,31). The highest BCUT2D eigenvalue weighted by Crippen LogP contribution is 2.18. The lowest BCUT2D eigenvalue weighted by molar-refractivity contribution is -0.150. The molecule has 1 unspecified atom stereocenters. The molecule has 1 atom stereocenters. The van der Waals surface area contributed by atoms with E-state index in [-0.39, 0.29) is 18.5 Å². The Balaban J connectivity index is 4.06. The molecule has 0 aromatic rings. The molecule has 0 aliphatic carbocycles. The van der Waals surface area contributed by atoms with Gasteiger partial charge in [0, 0.05) is 12.8 Å². The van der Waals surface area contributed by atoms with E-state index in [2.05, 4.69) is 13.8 Å². The summed E-state index contributed by atoms with van der Waals surface area (Å²) in [5.74, 6) is -0.706. The lowest BCUT2D eigenvalue weighted by Gasteiger charge is -2.18. The fourth-order valence-corrected chi connectivity index (χ4v) is 4.42. The topological polar surface area (TPSA) is 63.6 Å². The minimum Gasteiger partial charge on any atom is -0.481 e. The van der Waals surface area contributed by atoms with E-state index in [1.54, 1.807) is 0 Å². The van der Waals surface area contributed by atoms with Gasteiger partial charge in [-0.1, -0.05) is 117 Å². The minimum absolute atomic E-state index is 0.00502. The largest absolute Gasteiger partial charge is 0.481 e. The quantitative estimate of drug-likeness (QED) is 0.101. The number of unbranched alkanes of at least 4 members (excludes halogenated alkanes) is 17. The van der Waals surface area contributed by atoms with E-state index in [9.17, 15) is 9.59 Å². The molecule has 0 saturated heterocycles. The van der Waals surface area contributed by atoms with E-state index in [0.29, 0.717) is 6.42 Å². The van der Waals surface area contributed by atoms with Crippen LogP contribution in [0.2, 0.25) is 0 Å². The van der Waals surface area contributed by atoms with Crippen molar-refractivity contribution in [2.24, 2.45) is 0 Å². The van der Waals surface area contributed by atoms with Crippen molar-refractivity contribution >= 4 is 11.9 Å². The van der Waals surface area contributed by atoms with Gasteiger partial charge in [-0.2, -0.15) is 0 Å². The number of carbonyl (C=O) groups excluding carboxylic acids is 1. The molecule has 0 bridgehead atoms. The van der Waals surface area contributed by atoms with Gasteiger partial charge in [-0.15, -0.1) is 0 Å². The summed E-state index contributed by atoms with van der Waals surface area (Å²) in [4.78, 5) is 23.0. The number of hydrogen-bond acceptors (Lipinski definition) is 3. The third-order valence-electron chi connectivity index (χ3n) is 6.58. The van der Waals surface area contributed by atoms with Crippen molar-refractivity contribution in [1.29, 1.82) is 0 Å². The molecule has 196 valence electrons. The fraction of sp³-hybridized carbons (Fsp3) is 0.931. The normalized spacial score (nSPS) is 12.1. The van der Waals surface area contributed by atoms with Crippen molar-refractivity contribution < 1.29 is 19.4 Å². The molecule has 1 N–H and O–H groups in total. The number of hydrogen-bond donors (Lipinski definition) is 1. The van der Waals surface area contributed by atoms with Gasteiger partial charge in [0.2, 0.25) is 0 Å². The Bertz CT molecular complexity index is 435. The Morgan fingerprint density at radius 2 is 0.909 bits per heavy atom. The number of ether oxygens (including phenoxy) is 1. The monoisotopic (exact) mass is 468 g/mol. The first-order valence-electron chi connectivity index (χ1n) is 14.5. The van der Waals surface area contributed by atoms with E-state index >= 15 is 0 Å².